The molecular weight excluding hydrogens is 248 g/mol. The third-order valence-electron chi connectivity index (χ3n) is 2.99. The van der Waals surface area contributed by atoms with Gasteiger partial charge in [-0.25, -0.2) is 0 Å². The van der Waals surface area contributed by atoms with Crippen LogP contribution in [-0.4, -0.2) is 5.91 Å². The van der Waals surface area contributed by atoms with Crippen molar-refractivity contribution in [3.05, 3.63) is 34.9 Å². The van der Waals surface area contributed by atoms with Crippen LogP contribution >= 0.6 is 11.6 Å². The molecule has 0 aromatic heterocycles. The summed E-state index contributed by atoms with van der Waals surface area (Å²) in [6.07, 6.45) is 1.53. The van der Waals surface area contributed by atoms with Gasteiger partial charge in [-0.05, 0) is 18.9 Å². The van der Waals surface area contributed by atoms with E-state index in [1.165, 1.54) is 0 Å². The van der Waals surface area contributed by atoms with Crippen LogP contribution in [0.3, 0.4) is 0 Å². The van der Waals surface area contributed by atoms with Crippen molar-refractivity contribution in [1.82, 2.24) is 5.32 Å². The average Bonchev–Trinajstić information content (AvgIpc) is 2.38. The maximum Gasteiger partial charge on any atom is 0.224 e. The van der Waals surface area contributed by atoms with Crippen LogP contribution in [0.2, 0.25) is 5.02 Å². The number of hydrogen-bond donors (Lipinski definition) is 1. The van der Waals surface area contributed by atoms with E-state index in [-0.39, 0.29) is 11.8 Å². The summed E-state index contributed by atoms with van der Waals surface area (Å²) in [5.74, 6) is -0.144. The van der Waals surface area contributed by atoms with E-state index in [2.05, 4.69) is 11.4 Å². The summed E-state index contributed by atoms with van der Waals surface area (Å²) < 4.78 is 0. The SMILES string of the molecule is CCC(CC)C(=O)NC(C#N)c1ccccc1Cl. The van der Waals surface area contributed by atoms with Gasteiger partial charge in [0.15, 0.2) is 0 Å². The highest BCUT2D eigenvalue weighted by atomic mass is 35.5. The minimum absolute atomic E-state index is 0.0525. The van der Waals surface area contributed by atoms with Crippen LogP contribution < -0.4 is 5.32 Å². The van der Waals surface area contributed by atoms with Crippen molar-refractivity contribution in [2.45, 2.75) is 32.7 Å². The number of hydrogen-bond acceptors (Lipinski definition) is 2. The summed E-state index contributed by atoms with van der Waals surface area (Å²) in [5.41, 5.74) is 0.640. The fraction of sp³-hybridized carbons (Fsp3) is 0.429. The normalized spacial score (nSPS) is 11.9. The zero-order valence-electron chi connectivity index (χ0n) is 10.6. The second kappa shape index (κ2) is 7.03. The van der Waals surface area contributed by atoms with Crippen LogP contribution in [0.4, 0.5) is 0 Å². The maximum absolute atomic E-state index is 12.0. The molecule has 4 heteroatoms. The molecule has 0 fully saturated rings. The number of halogens is 1. The number of carbonyl (C=O) groups excluding carboxylic acids is 1. The van der Waals surface area contributed by atoms with Crippen molar-refractivity contribution < 1.29 is 4.79 Å². The lowest BCUT2D eigenvalue weighted by atomic mass is 10.0. The van der Waals surface area contributed by atoms with Crippen LogP contribution in [-0.2, 0) is 4.79 Å². The van der Waals surface area contributed by atoms with Gasteiger partial charge in [0.05, 0.1) is 6.07 Å². The lowest BCUT2D eigenvalue weighted by molar-refractivity contribution is -0.125. The van der Waals surface area contributed by atoms with Crippen molar-refractivity contribution in [1.29, 1.82) is 5.26 Å². The Morgan fingerprint density at radius 2 is 2.00 bits per heavy atom. The van der Waals surface area contributed by atoms with Gasteiger partial charge in [-0.2, -0.15) is 5.26 Å². The van der Waals surface area contributed by atoms with E-state index in [4.69, 9.17) is 16.9 Å². The predicted molar refractivity (Wildman–Crippen MR) is 72.0 cm³/mol. The van der Waals surface area contributed by atoms with Crippen LogP contribution in [0.5, 0.6) is 0 Å². The molecule has 1 rings (SSSR count). The van der Waals surface area contributed by atoms with Crippen molar-refractivity contribution in [3.8, 4) is 6.07 Å². The molecule has 18 heavy (non-hydrogen) atoms. The van der Waals surface area contributed by atoms with Crippen molar-refractivity contribution >= 4 is 17.5 Å². The smallest absolute Gasteiger partial charge is 0.224 e. The van der Waals surface area contributed by atoms with E-state index in [0.29, 0.717) is 10.6 Å². The molecule has 0 saturated heterocycles. The Hall–Kier alpha value is -1.53. The lowest BCUT2D eigenvalue weighted by Crippen LogP contribution is -2.33. The van der Waals surface area contributed by atoms with Gasteiger partial charge in [-0.15, -0.1) is 0 Å². The topological polar surface area (TPSA) is 52.9 Å². The van der Waals surface area contributed by atoms with E-state index >= 15 is 0 Å². The highest BCUT2D eigenvalue weighted by Gasteiger charge is 2.20. The lowest BCUT2D eigenvalue weighted by Gasteiger charge is -2.17. The van der Waals surface area contributed by atoms with Gasteiger partial charge < -0.3 is 5.32 Å². The fourth-order valence-corrected chi connectivity index (χ4v) is 2.05. The van der Waals surface area contributed by atoms with Gasteiger partial charge >= 0.3 is 0 Å². The molecule has 0 aliphatic rings. The van der Waals surface area contributed by atoms with Crippen molar-refractivity contribution in [2.24, 2.45) is 5.92 Å². The number of amides is 1. The Morgan fingerprint density at radius 3 is 2.50 bits per heavy atom. The first-order chi connectivity index (χ1) is 8.63. The fourth-order valence-electron chi connectivity index (χ4n) is 1.81. The molecule has 1 N–H and O–H groups in total. The standard InChI is InChI=1S/C14H17ClN2O/c1-3-10(4-2)14(18)17-13(9-16)11-7-5-6-8-12(11)15/h5-8,10,13H,3-4H2,1-2H3,(H,17,18). The number of nitriles is 1. The zero-order valence-corrected chi connectivity index (χ0v) is 11.4. The molecule has 0 heterocycles. The number of nitrogens with zero attached hydrogens (tertiary/aromatic N) is 1. The molecule has 0 radical (unpaired) electrons. The molecule has 0 spiro atoms. The molecule has 96 valence electrons. The van der Waals surface area contributed by atoms with Gasteiger partial charge in [0.2, 0.25) is 5.91 Å². The molecular formula is C14H17ClN2O. The summed E-state index contributed by atoms with van der Waals surface area (Å²) in [6, 6.07) is 8.45. The van der Waals surface area contributed by atoms with E-state index < -0.39 is 6.04 Å². The molecule has 0 aliphatic heterocycles. The van der Waals surface area contributed by atoms with Crippen molar-refractivity contribution in [3.63, 3.8) is 0 Å². The summed E-state index contributed by atoms with van der Waals surface area (Å²) >= 11 is 6.03. The van der Waals surface area contributed by atoms with E-state index in [1.54, 1.807) is 24.3 Å². The summed E-state index contributed by atoms with van der Waals surface area (Å²) in [4.78, 5) is 12.0. The summed E-state index contributed by atoms with van der Waals surface area (Å²) in [6.45, 7) is 3.93. The molecule has 0 bridgehead atoms. The Kier molecular flexibility index (Phi) is 5.67. The average molecular weight is 265 g/mol. The van der Waals surface area contributed by atoms with Gasteiger partial charge in [-0.3, -0.25) is 4.79 Å². The van der Waals surface area contributed by atoms with Crippen LogP contribution in [0.1, 0.15) is 38.3 Å². The van der Waals surface area contributed by atoms with Gasteiger partial charge in [-0.1, -0.05) is 43.6 Å². The highest BCUT2D eigenvalue weighted by molar-refractivity contribution is 6.31. The molecule has 1 atom stereocenters. The Balaban J connectivity index is 2.84. The molecule has 1 amide bonds. The molecule has 1 unspecified atom stereocenters. The molecule has 1 aromatic rings. The second-order valence-corrected chi connectivity index (χ2v) is 4.51. The zero-order chi connectivity index (χ0) is 13.5. The first-order valence-electron chi connectivity index (χ1n) is 6.08. The van der Waals surface area contributed by atoms with Crippen molar-refractivity contribution in [2.75, 3.05) is 0 Å². The number of carbonyl (C=O) groups is 1. The van der Waals surface area contributed by atoms with Crippen LogP contribution in [0.25, 0.3) is 0 Å². The third kappa shape index (κ3) is 3.48. The van der Waals surface area contributed by atoms with Gasteiger partial charge in [0.25, 0.3) is 0 Å². The number of rotatable bonds is 5. The van der Waals surface area contributed by atoms with E-state index in [1.807, 2.05) is 13.8 Å². The second-order valence-electron chi connectivity index (χ2n) is 4.11. The summed E-state index contributed by atoms with van der Waals surface area (Å²) in [5, 5.41) is 12.4. The molecule has 0 aliphatic carbocycles. The molecule has 3 nitrogen and oxygen atoms in total. The first-order valence-corrected chi connectivity index (χ1v) is 6.46. The Labute approximate surface area is 113 Å². The monoisotopic (exact) mass is 264 g/mol. The predicted octanol–water partition coefficient (Wildman–Crippen LogP) is 3.46. The quantitative estimate of drug-likeness (QED) is 0.885. The Bertz CT molecular complexity index is 449. The maximum atomic E-state index is 12.0. The van der Waals surface area contributed by atoms with Gasteiger partial charge in [0.1, 0.15) is 6.04 Å². The summed E-state index contributed by atoms with van der Waals surface area (Å²) in [7, 11) is 0. The molecule has 1 aromatic carbocycles. The number of benzene rings is 1. The minimum atomic E-state index is -0.688. The highest BCUT2D eigenvalue weighted by Crippen LogP contribution is 2.22. The van der Waals surface area contributed by atoms with Crippen LogP contribution in [0, 0.1) is 17.2 Å². The minimum Gasteiger partial charge on any atom is -0.336 e. The van der Waals surface area contributed by atoms with Gasteiger partial charge in [0, 0.05) is 16.5 Å². The third-order valence-corrected chi connectivity index (χ3v) is 3.33. The molecule has 0 saturated carbocycles. The van der Waals surface area contributed by atoms with E-state index in [9.17, 15) is 4.79 Å². The van der Waals surface area contributed by atoms with E-state index in [0.717, 1.165) is 12.8 Å². The largest absolute Gasteiger partial charge is 0.336 e. The first kappa shape index (κ1) is 14.5. The Morgan fingerprint density at radius 1 is 1.39 bits per heavy atom. The van der Waals surface area contributed by atoms with Crippen LogP contribution in [0.15, 0.2) is 24.3 Å². The number of nitrogens with one attached hydrogen (secondary N) is 1.